The Morgan fingerprint density at radius 1 is 1.05 bits per heavy atom. The third-order valence-electron chi connectivity index (χ3n) is 3.63. The van der Waals surface area contributed by atoms with Crippen LogP contribution in [-0.2, 0) is 0 Å². The molecule has 2 aromatic rings. The number of halogens is 1. The van der Waals surface area contributed by atoms with Crippen LogP contribution in [0.2, 0.25) is 0 Å². The summed E-state index contributed by atoms with van der Waals surface area (Å²) in [4.78, 5) is 0. The predicted molar refractivity (Wildman–Crippen MR) is 82.6 cm³/mol. The lowest BCUT2D eigenvalue weighted by Crippen LogP contribution is -2.23. The van der Waals surface area contributed by atoms with Gasteiger partial charge in [0.15, 0.2) is 0 Å². The van der Waals surface area contributed by atoms with Gasteiger partial charge in [-0.1, -0.05) is 36.8 Å². The zero-order valence-electron chi connectivity index (χ0n) is 12.6. The largest absolute Gasteiger partial charge is 0.307 e. The molecule has 1 unspecified atom stereocenters. The molecule has 1 atom stereocenters. The van der Waals surface area contributed by atoms with Gasteiger partial charge in [0.1, 0.15) is 5.82 Å². The van der Waals surface area contributed by atoms with E-state index in [-0.39, 0.29) is 11.9 Å². The molecule has 2 heteroatoms. The van der Waals surface area contributed by atoms with Crippen LogP contribution in [0.15, 0.2) is 36.4 Å². The van der Waals surface area contributed by atoms with Gasteiger partial charge in [-0.15, -0.1) is 0 Å². The second kappa shape index (κ2) is 6.19. The van der Waals surface area contributed by atoms with Crippen LogP contribution in [0, 0.1) is 26.6 Å². The first-order valence-electron chi connectivity index (χ1n) is 7.09. The fourth-order valence-electron chi connectivity index (χ4n) is 2.82. The molecule has 0 aromatic heterocycles. The Morgan fingerprint density at radius 3 is 2.25 bits per heavy atom. The summed E-state index contributed by atoms with van der Waals surface area (Å²) in [5.74, 6) is -0.164. The van der Waals surface area contributed by atoms with Gasteiger partial charge < -0.3 is 5.32 Å². The summed E-state index contributed by atoms with van der Waals surface area (Å²) in [5.41, 5.74) is 5.64. The first-order chi connectivity index (χ1) is 9.52. The van der Waals surface area contributed by atoms with Crippen molar-refractivity contribution in [2.45, 2.75) is 33.7 Å². The maximum atomic E-state index is 13.5. The van der Waals surface area contributed by atoms with Crippen LogP contribution in [0.3, 0.4) is 0 Å². The third-order valence-corrected chi connectivity index (χ3v) is 3.63. The van der Waals surface area contributed by atoms with Crippen LogP contribution in [0.25, 0.3) is 0 Å². The van der Waals surface area contributed by atoms with Crippen molar-refractivity contribution in [2.24, 2.45) is 0 Å². The van der Waals surface area contributed by atoms with Crippen LogP contribution in [0.1, 0.15) is 40.8 Å². The fourth-order valence-corrected chi connectivity index (χ4v) is 2.82. The molecule has 2 aromatic carbocycles. The lowest BCUT2D eigenvalue weighted by molar-refractivity contribution is 0.606. The molecule has 0 fully saturated rings. The Hall–Kier alpha value is -1.67. The van der Waals surface area contributed by atoms with Gasteiger partial charge >= 0.3 is 0 Å². The summed E-state index contributed by atoms with van der Waals surface area (Å²) >= 11 is 0. The van der Waals surface area contributed by atoms with Gasteiger partial charge in [0.25, 0.3) is 0 Å². The van der Waals surface area contributed by atoms with Crippen LogP contribution >= 0.6 is 0 Å². The molecule has 0 aliphatic carbocycles. The predicted octanol–water partition coefficient (Wildman–Crippen LogP) is 4.45. The summed E-state index contributed by atoms with van der Waals surface area (Å²) in [7, 11) is 0. The van der Waals surface area contributed by atoms with E-state index < -0.39 is 0 Å². The van der Waals surface area contributed by atoms with E-state index in [9.17, 15) is 4.39 Å². The van der Waals surface area contributed by atoms with Crippen LogP contribution < -0.4 is 5.32 Å². The molecule has 0 saturated carbocycles. The van der Waals surface area contributed by atoms with Gasteiger partial charge in [-0.05, 0) is 61.7 Å². The smallest absolute Gasteiger partial charge is 0.123 e. The van der Waals surface area contributed by atoms with Crippen molar-refractivity contribution in [3.05, 3.63) is 70.0 Å². The molecule has 0 aliphatic rings. The van der Waals surface area contributed by atoms with E-state index in [2.05, 4.69) is 43.4 Å². The van der Waals surface area contributed by atoms with E-state index in [1.54, 1.807) is 12.1 Å². The Balaban J connectivity index is 2.54. The number of nitrogens with one attached hydrogen (secondary N) is 1. The minimum atomic E-state index is -0.164. The lowest BCUT2D eigenvalue weighted by atomic mass is 9.90. The normalized spacial score (nSPS) is 12.4. The molecule has 0 aliphatic heterocycles. The van der Waals surface area contributed by atoms with Gasteiger partial charge in [-0.2, -0.15) is 0 Å². The molecular weight excluding hydrogens is 249 g/mol. The minimum Gasteiger partial charge on any atom is -0.307 e. The number of benzene rings is 2. The van der Waals surface area contributed by atoms with Gasteiger partial charge in [0.05, 0.1) is 6.04 Å². The number of aryl methyl sites for hydroxylation is 3. The van der Waals surface area contributed by atoms with Crippen LogP contribution in [0.4, 0.5) is 4.39 Å². The highest BCUT2D eigenvalue weighted by Crippen LogP contribution is 2.29. The van der Waals surface area contributed by atoms with E-state index in [0.29, 0.717) is 0 Å². The molecule has 1 N–H and O–H groups in total. The highest BCUT2D eigenvalue weighted by atomic mass is 19.1. The Morgan fingerprint density at radius 2 is 1.70 bits per heavy atom. The van der Waals surface area contributed by atoms with Crippen molar-refractivity contribution in [1.82, 2.24) is 5.32 Å². The van der Waals surface area contributed by atoms with Gasteiger partial charge in [-0.3, -0.25) is 0 Å². The maximum Gasteiger partial charge on any atom is 0.123 e. The molecule has 2 rings (SSSR count). The summed E-state index contributed by atoms with van der Waals surface area (Å²) in [6.07, 6.45) is 0. The molecule has 106 valence electrons. The van der Waals surface area contributed by atoms with Gasteiger partial charge in [0.2, 0.25) is 0 Å². The molecule has 0 amide bonds. The summed E-state index contributed by atoms with van der Waals surface area (Å²) < 4.78 is 13.5. The third kappa shape index (κ3) is 3.07. The Bertz CT molecular complexity index is 581. The summed E-state index contributed by atoms with van der Waals surface area (Å²) in [6, 6.07) is 11.8. The van der Waals surface area contributed by atoms with E-state index in [1.807, 2.05) is 13.8 Å². The van der Waals surface area contributed by atoms with Crippen molar-refractivity contribution >= 4 is 0 Å². The number of hydrogen-bond donors (Lipinski definition) is 1. The topological polar surface area (TPSA) is 12.0 Å². The quantitative estimate of drug-likeness (QED) is 0.866. The van der Waals surface area contributed by atoms with Gasteiger partial charge in [0, 0.05) is 0 Å². The maximum absolute atomic E-state index is 13.5. The SMILES string of the molecule is CCNC(c1cccc(C)c1)c1c(C)cc(F)cc1C. The van der Waals surface area contributed by atoms with E-state index in [4.69, 9.17) is 0 Å². The average molecular weight is 271 g/mol. The van der Waals surface area contributed by atoms with E-state index >= 15 is 0 Å². The van der Waals surface area contributed by atoms with Crippen LogP contribution in [0.5, 0.6) is 0 Å². The molecule has 0 bridgehead atoms. The summed E-state index contributed by atoms with van der Waals surface area (Å²) in [6.45, 7) is 9.01. The number of rotatable bonds is 4. The Kier molecular flexibility index (Phi) is 4.56. The molecule has 1 nitrogen and oxygen atoms in total. The first-order valence-corrected chi connectivity index (χ1v) is 7.09. The highest BCUT2D eigenvalue weighted by molar-refractivity contribution is 5.43. The van der Waals surface area contributed by atoms with Gasteiger partial charge in [-0.25, -0.2) is 4.39 Å². The van der Waals surface area contributed by atoms with Crippen molar-refractivity contribution in [2.75, 3.05) is 6.54 Å². The van der Waals surface area contributed by atoms with E-state index in [1.165, 1.54) is 16.7 Å². The highest BCUT2D eigenvalue weighted by Gasteiger charge is 2.18. The summed E-state index contributed by atoms with van der Waals surface area (Å²) in [5, 5.41) is 3.52. The van der Waals surface area contributed by atoms with Crippen molar-refractivity contribution in [3.8, 4) is 0 Å². The second-order valence-electron chi connectivity index (χ2n) is 5.36. The van der Waals surface area contributed by atoms with Crippen molar-refractivity contribution in [3.63, 3.8) is 0 Å². The van der Waals surface area contributed by atoms with Crippen molar-refractivity contribution < 1.29 is 4.39 Å². The zero-order chi connectivity index (χ0) is 14.7. The Labute approximate surface area is 120 Å². The molecule has 20 heavy (non-hydrogen) atoms. The minimum absolute atomic E-state index is 0.112. The fraction of sp³-hybridized carbons (Fsp3) is 0.333. The first kappa shape index (κ1) is 14.7. The molecule has 0 saturated heterocycles. The molecule has 0 heterocycles. The van der Waals surface area contributed by atoms with Crippen molar-refractivity contribution in [1.29, 1.82) is 0 Å². The average Bonchev–Trinajstić information content (AvgIpc) is 2.36. The molecular formula is C18H22FN. The van der Waals surface area contributed by atoms with Crippen LogP contribution in [-0.4, -0.2) is 6.54 Å². The second-order valence-corrected chi connectivity index (χ2v) is 5.36. The zero-order valence-corrected chi connectivity index (χ0v) is 12.6. The molecule has 0 spiro atoms. The monoisotopic (exact) mass is 271 g/mol. The lowest BCUT2D eigenvalue weighted by Gasteiger charge is -2.23. The number of hydrogen-bond acceptors (Lipinski definition) is 1. The van der Waals surface area contributed by atoms with E-state index in [0.717, 1.165) is 17.7 Å². The standard InChI is InChI=1S/C18H22FN/c1-5-20-18(15-8-6-7-12(2)9-15)17-13(3)10-16(19)11-14(17)4/h6-11,18,20H,5H2,1-4H3. The molecule has 0 radical (unpaired) electrons.